The van der Waals surface area contributed by atoms with Crippen molar-refractivity contribution in [3.8, 4) is 0 Å². The first kappa shape index (κ1) is 12.7. The monoisotopic (exact) mass is 269 g/mol. The molecule has 0 unspecified atom stereocenters. The van der Waals surface area contributed by atoms with Gasteiger partial charge in [0.05, 0.1) is 17.4 Å². The minimum absolute atomic E-state index is 0.428. The number of H-pyrrole nitrogens is 1. The molecular formula is C15H19N5. The van der Waals surface area contributed by atoms with Crippen molar-refractivity contribution in [1.82, 2.24) is 20.0 Å². The average Bonchev–Trinajstić information content (AvgIpc) is 3.02. The molecule has 0 saturated carbocycles. The summed E-state index contributed by atoms with van der Waals surface area (Å²) in [6, 6.07) is 6.12. The first-order valence-electron chi connectivity index (χ1n) is 6.83. The highest BCUT2D eigenvalue weighted by Crippen LogP contribution is 2.23. The molecule has 1 aromatic carbocycles. The molecule has 2 aromatic heterocycles. The molecule has 2 heterocycles. The van der Waals surface area contributed by atoms with Crippen molar-refractivity contribution in [2.24, 2.45) is 7.05 Å². The fraction of sp³-hybridized carbons (Fsp3) is 0.333. The van der Waals surface area contributed by atoms with Crippen LogP contribution in [0.15, 0.2) is 30.6 Å². The van der Waals surface area contributed by atoms with E-state index in [1.165, 1.54) is 5.56 Å². The van der Waals surface area contributed by atoms with Gasteiger partial charge in [-0.2, -0.15) is 10.2 Å². The Morgan fingerprint density at radius 3 is 3.00 bits per heavy atom. The molecule has 3 aromatic rings. The van der Waals surface area contributed by atoms with Crippen LogP contribution >= 0.6 is 0 Å². The van der Waals surface area contributed by atoms with Crippen LogP contribution in [0.25, 0.3) is 10.9 Å². The molecule has 3 rings (SSSR count). The minimum atomic E-state index is 0.428. The van der Waals surface area contributed by atoms with E-state index in [-0.39, 0.29) is 0 Å². The second-order valence-electron chi connectivity index (χ2n) is 5.36. The molecule has 0 atom stereocenters. The summed E-state index contributed by atoms with van der Waals surface area (Å²) < 4.78 is 1.88. The maximum atomic E-state index is 4.53. The molecule has 2 N–H and O–H groups in total. The zero-order valence-corrected chi connectivity index (χ0v) is 12.0. The average molecular weight is 269 g/mol. The summed E-state index contributed by atoms with van der Waals surface area (Å²) in [5, 5.41) is 16.2. The Kier molecular flexibility index (Phi) is 3.18. The van der Waals surface area contributed by atoms with Crippen LogP contribution in [-0.2, 0) is 13.6 Å². The first-order chi connectivity index (χ1) is 9.65. The lowest BCUT2D eigenvalue weighted by atomic mass is 10.1. The van der Waals surface area contributed by atoms with E-state index in [2.05, 4.69) is 46.7 Å². The van der Waals surface area contributed by atoms with Crippen molar-refractivity contribution >= 4 is 16.6 Å². The summed E-state index contributed by atoms with van der Waals surface area (Å²) in [7, 11) is 1.96. The number of rotatable bonds is 4. The summed E-state index contributed by atoms with van der Waals surface area (Å²) in [6.45, 7) is 5.11. The Morgan fingerprint density at radius 1 is 1.35 bits per heavy atom. The van der Waals surface area contributed by atoms with Gasteiger partial charge >= 0.3 is 0 Å². The summed E-state index contributed by atoms with van der Waals surface area (Å²) >= 11 is 0. The van der Waals surface area contributed by atoms with E-state index in [1.807, 2.05) is 30.1 Å². The zero-order chi connectivity index (χ0) is 14.1. The summed E-state index contributed by atoms with van der Waals surface area (Å²) in [5.41, 5.74) is 4.53. The number of benzene rings is 1. The Hall–Kier alpha value is -2.30. The number of aromatic amines is 1. The SMILES string of the molecule is CC(C)c1nn(C)cc1CNc1cccc2[nH]ncc12. The Balaban J connectivity index is 1.85. The Labute approximate surface area is 118 Å². The van der Waals surface area contributed by atoms with Crippen molar-refractivity contribution in [1.29, 1.82) is 0 Å². The van der Waals surface area contributed by atoms with Crippen molar-refractivity contribution in [2.45, 2.75) is 26.3 Å². The van der Waals surface area contributed by atoms with Gasteiger partial charge in [-0.25, -0.2) is 0 Å². The lowest BCUT2D eigenvalue weighted by molar-refractivity contribution is 0.712. The minimum Gasteiger partial charge on any atom is -0.380 e. The van der Waals surface area contributed by atoms with Crippen molar-refractivity contribution in [3.05, 3.63) is 41.9 Å². The smallest absolute Gasteiger partial charge is 0.0699 e. The molecule has 0 radical (unpaired) electrons. The Morgan fingerprint density at radius 2 is 2.20 bits per heavy atom. The van der Waals surface area contributed by atoms with Crippen LogP contribution in [0.5, 0.6) is 0 Å². The molecule has 5 nitrogen and oxygen atoms in total. The third-order valence-corrected chi connectivity index (χ3v) is 3.44. The van der Waals surface area contributed by atoms with Gasteiger partial charge in [0.2, 0.25) is 0 Å². The lowest BCUT2D eigenvalue weighted by Gasteiger charge is -2.09. The third-order valence-electron chi connectivity index (χ3n) is 3.44. The van der Waals surface area contributed by atoms with Gasteiger partial charge in [-0.05, 0) is 18.1 Å². The van der Waals surface area contributed by atoms with Gasteiger partial charge in [-0.3, -0.25) is 9.78 Å². The number of aryl methyl sites for hydroxylation is 1. The molecule has 0 amide bonds. The van der Waals surface area contributed by atoms with E-state index in [0.717, 1.165) is 28.8 Å². The number of anilines is 1. The van der Waals surface area contributed by atoms with Gasteiger partial charge in [0.25, 0.3) is 0 Å². The molecule has 0 spiro atoms. The fourth-order valence-corrected chi connectivity index (χ4v) is 2.49. The second-order valence-corrected chi connectivity index (χ2v) is 5.36. The van der Waals surface area contributed by atoms with Crippen LogP contribution in [-0.4, -0.2) is 20.0 Å². The predicted octanol–water partition coefficient (Wildman–Crippen LogP) is 3.03. The fourth-order valence-electron chi connectivity index (χ4n) is 2.49. The third kappa shape index (κ3) is 2.27. The number of nitrogens with zero attached hydrogens (tertiary/aromatic N) is 3. The summed E-state index contributed by atoms with van der Waals surface area (Å²) in [6.07, 6.45) is 3.93. The predicted molar refractivity (Wildman–Crippen MR) is 80.7 cm³/mol. The highest BCUT2D eigenvalue weighted by Gasteiger charge is 2.11. The van der Waals surface area contributed by atoms with E-state index in [9.17, 15) is 0 Å². The van der Waals surface area contributed by atoms with E-state index in [0.29, 0.717) is 5.92 Å². The quantitative estimate of drug-likeness (QED) is 0.765. The van der Waals surface area contributed by atoms with Crippen molar-refractivity contribution in [2.75, 3.05) is 5.32 Å². The van der Waals surface area contributed by atoms with E-state index in [4.69, 9.17) is 0 Å². The highest BCUT2D eigenvalue weighted by molar-refractivity contribution is 5.90. The largest absolute Gasteiger partial charge is 0.380 e. The molecule has 0 aliphatic carbocycles. The van der Waals surface area contributed by atoms with Crippen LogP contribution in [0.4, 0.5) is 5.69 Å². The van der Waals surface area contributed by atoms with Crippen molar-refractivity contribution < 1.29 is 0 Å². The molecular weight excluding hydrogens is 250 g/mol. The van der Waals surface area contributed by atoms with E-state index >= 15 is 0 Å². The number of aromatic nitrogens is 4. The summed E-state index contributed by atoms with van der Waals surface area (Å²) in [4.78, 5) is 0. The van der Waals surface area contributed by atoms with Gasteiger partial charge in [-0.15, -0.1) is 0 Å². The molecule has 104 valence electrons. The molecule has 0 aliphatic rings. The van der Waals surface area contributed by atoms with Gasteiger partial charge < -0.3 is 5.32 Å². The van der Waals surface area contributed by atoms with Gasteiger partial charge in [-0.1, -0.05) is 19.9 Å². The lowest BCUT2D eigenvalue weighted by Crippen LogP contribution is -2.02. The topological polar surface area (TPSA) is 58.5 Å². The van der Waals surface area contributed by atoms with Crippen LogP contribution < -0.4 is 5.32 Å². The van der Waals surface area contributed by atoms with Gasteiger partial charge in [0.1, 0.15) is 0 Å². The number of nitrogens with one attached hydrogen (secondary N) is 2. The molecule has 5 heteroatoms. The molecule has 20 heavy (non-hydrogen) atoms. The molecule has 0 bridgehead atoms. The maximum Gasteiger partial charge on any atom is 0.0699 e. The van der Waals surface area contributed by atoms with Crippen LogP contribution in [0.2, 0.25) is 0 Å². The van der Waals surface area contributed by atoms with Crippen molar-refractivity contribution in [3.63, 3.8) is 0 Å². The number of fused-ring (bicyclic) bond motifs is 1. The summed E-state index contributed by atoms with van der Waals surface area (Å²) in [5.74, 6) is 0.428. The molecule has 0 fully saturated rings. The standard InChI is InChI=1S/C15H19N5/c1-10(2)15-11(9-20(3)19-15)7-16-13-5-4-6-14-12(13)8-17-18-14/h4-6,8-10,16H,7H2,1-3H3,(H,17,18). The molecule has 0 saturated heterocycles. The number of hydrogen-bond donors (Lipinski definition) is 2. The van der Waals surface area contributed by atoms with Crippen LogP contribution in [0.1, 0.15) is 31.0 Å². The highest BCUT2D eigenvalue weighted by atomic mass is 15.3. The zero-order valence-electron chi connectivity index (χ0n) is 12.0. The first-order valence-corrected chi connectivity index (χ1v) is 6.83. The normalized spacial score (nSPS) is 11.4. The van der Waals surface area contributed by atoms with Gasteiger partial charge in [0.15, 0.2) is 0 Å². The maximum absolute atomic E-state index is 4.53. The molecule has 0 aliphatic heterocycles. The van der Waals surface area contributed by atoms with Crippen LogP contribution in [0.3, 0.4) is 0 Å². The van der Waals surface area contributed by atoms with Gasteiger partial charge in [0, 0.05) is 36.4 Å². The second kappa shape index (κ2) is 5.00. The van der Waals surface area contributed by atoms with E-state index < -0.39 is 0 Å². The Bertz CT molecular complexity index is 723. The number of hydrogen-bond acceptors (Lipinski definition) is 3. The van der Waals surface area contributed by atoms with E-state index in [1.54, 1.807) is 0 Å². The van der Waals surface area contributed by atoms with Crippen LogP contribution in [0, 0.1) is 0 Å².